The Hall–Kier alpha value is -0.610. The van der Waals surface area contributed by atoms with Crippen LogP contribution in [0.4, 0.5) is 0 Å². The van der Waals surface area contributed by atoms with Crippen LogP contribution < -0.4 is 11.1 Å². The molecule has 4 nitrogen and oxygen atoms in total. The van der Waals surface area contributed by atoms with Crippen molar-refractivity contribution in [2.24, 2.45) is 11.1 Å². The van der Waals surface area contributed by atoms with E-state index in [1.165, 1.54) is 0 Å². The quantitative estimate of drug-likeness (QED) is 0.657. The van der Waals surface area contributed by atoms with Crippen molar-refractivity contribution in [2.45, 2.75) is 57.1 Å². The molecule has 2 aliphatic rings. The van der Waals surface area contributed by atoms with Crippen molar-refractivity contribution in [2.75, 3.05) is 6.54 Å². The molecule has 1 amide bonds. The van der Waals surface area contributed by atoms with E-state index in [2.05, 4.69) is 5.32 Å². The molecule has 2 aliphatic carbocycles. The second-order valence-electron chi connectivity index (χ2n) is 5.33. The van der Waals surface area contributed by atoms with E-state index in [0.29, 0.717) is 13.0 Å². The lowest BCUT2D eigenvalue weighted by molar-refractivity contribution is -0.136. The summed E-state index contributed by atoms with van der Waals surface area (Å²) in [6.07, 6.45) is 6.27. The molecular weight excluding hydrogens is 204 g/mol. The van der Waals surface area contributed by atoms with Gasteiger partial charge in [-0.15, -0.1) is 0 Å². The molecule has 16 heavy (non-hydrogen) atoms. The molecule has 0 aromatic rings. The highest BCUT2D eigenvalue weighted by Crippen LogP contribution is 2.40. The first-order chi connectivity index (χ1) is 7.66. The van der Waals surface area contributed by atoms with Crippen LogP contribution in [0.25, 0.3) is 0 Å². The van der Waals surface area contributed by atoms with Gasteiger partial charge in [-0.2, -0.15) is 0 Å². The Morgan fingerprint density at radius 1 is 1.38 bits per heavy atom. The van der Waals surface area contributed by atoms with Gasteiger partial charge in [-0.05, 0) is 38.5 Å². The van der Waals surface area contributed by atoms with E-state index in [1.807, 2.05) is 0 Å². The van der Waals surface area contributed by atoms with E-state index >= 15 is 0 Å². The number of hydrogen-bond acceptors (Lipinski definition) is 3. The summed E-state index contributed by atoms with van der Waals surface area (Å²) in [6, 6.07) is 0.153. The van der Waals surface area contributed by atoms with Gasteiger partial charge in [-0.25, -0.2) is 0 Å². The van der Waals surface area contributed by atoms with E-state index in [1.54, 1.807) is 0 Å². The maximum atomic E-state index is 12.1. The van der Waals surface area contributed by atoms with Crippen LogP contribution in [0.3, 0.4) is 0 Å². The Morgan fingerprint density at radius 2 is 2.12 bits per heavy atom. The summed E-state index contributed by atoms with van der Waals surface area (Å²) in [5, 5.41) is 12.6. The molecule has 2 rings (SSSR count). The average Bonchev–Trinajstić information content (AvgIpc) is 2.16. The van der Waals surface area contributed by atoms with Crippen molar-refractivity contribution >= 4 is 5.91 Å². The second-order valence-corrected chi connectivity index (χ2v) is 5.33. The molecule has 0 saturated heterocycles. The average molecular weight is 226 g/mol. The summed E-state index contributed by atoms with van der Waals surface area (Å²) < 4.78 is 0. The zero-order valence-corrected chi connectivity index (χ0v) is 9.74. The third kappa shape index (κ3) is 2.23. The fraction of sp³-hybridized carbons (Fsp3) is 0.917. The summed E-state index contributed by atoms with van der Waals surface area (Å²) in [5.41, 5.74) is 5.40. The lowest BCUT2D eigenvalue weighted by Gasteiger charge is -2.40. The lowest BCUT2D eigenvalue weighted by Crippen LogP contribution is -2.53. The SMILES string of the molecule is NCC1(C(=O)NC2CCCC(O)C2)CCC1. The Labute approximate surface area is 96.6 Å². The number of amides is 1. The number of carbonyl (C=O) groups excluding carboxylic acids is 1. The van der Waals surface area contributed by atoms with Crippen LogP contribution in [0.1, 0.15) is 44.9 Å². The van der Waals surface area contributed by atoms with E-state index in [4.69, 9.17) is 5.73 Å². The highest BCUT2D eigenvalue weighted by Gasteiger charge is 2.43. The number of aliphatic hydroxyl groups is 1. The molecule has 4 N–H and O–H groups in total. The van der Waals surface area contributed by atoms with Gasteiger partial charge in [-0.1, -0.05) is 6.42 Å². The molecule has 2 unspecified atom stereocenters. The first-order valence-corrected chi connectivity index (χ1v) is 6.35. The summed E-state index contributed by atoms with van der Waals surface area (Å²) in [6.45, 7) is 0.452. The van der Waals surface area contributed by atoms with Crippen molar-refractivity contribution in [3.05, 3.63) is 0 Å². The third-order valence-corrected chi connectivity index (χ3v) is 4.16. The van der Waals surface area contributed by atoms with Gasteiger partial charge in [0.05, 0.1) is 11.5 Å². The first-order valence-electron chi connectivity index (χ1n) is 6.35. The van der Waals surface area contributed by atoms with E-state index in [-0.39, 0.29) is 23.5 Å². The lowest BCUT2D eigenvalue weighted by atomic mass is 9.68. The summed E-state index contributed by atoms with van der Waals surface area (Å²) in [7, 11) is 0. The van der Waals surface area contributed by atoms with Crippen LogP contribution in [-0.4, -0.2) is 29.7 Å². The molecule has 0 aromatic heterocycles. The molecule has 0 spiro atoms. The Balaban J connectivity index is 1.86. The molecule has 2 atom stereocenters. The number of aliphatic hydroxyl groups excluding tert-OH is 1. The summed E-state index contributed by atoms with van der Waals surface area (Å²) >= 11 is 0. The van der Waals surface area contributed by atoms with Crippen LogP contribution >= 0.6 is 0 Å². The van der Waals surface area contributed by atoms with Gasteiger partial charge in [0.25, 0.3) is 0 Å². The molecule has 0 radical (unpaired) electrons. The fourth-order valence-electron chi connectivity index (χ4n) is 2.76. The fourth-order valence-corrected chi connectivity index (χ4v) is 2.76. The highest BCUT2D eigenvalue weighted by molar-refractivity contribution is 5.84. The van der Waals surface area contributed by atoms with Crippen molar-refractivity contribution in [1.29, 1.82) is 0 Å². The largest absolute Gasteiger partial charge is 0.393 e. The molecule has 0 heterocycles. The second kappa shape index (κ2) is 4.72. The van der Waals surface area contributed by atoms with Crippen LogP contribution in [0.5, 0.6) is 0 Å². The van der Waals surface area contributed by atoms with Crippen LogP contribution in [-0.2, 0) is 4.79 Å². The van der Waals surface area contributed by atoms with Gasteiger partial charge < -0.3 is 16.2 Å². The van der Waals surface area contributed by atoms with E-state index < -0.39 is 0 Å². The maximum absolute atomic E-state index is 12.1. The smallest absolute Gasteiger partial charge is 0.227 e. The van der Waals surface area contributed by atoms with Crippen LogP contribution in [0, 0.1) is 5.41 Å². The van der Waals surface area contributed by atoms with Crippen molar-refractivity contribution < 1.29 is 9.90 Å². The van der Waals surface area contributed by atoms with Crippen molar-refractivity contribution in [3.8, 4) is 0 Å². The molecule has 0 aliphatic heterocycles. The van der Waals surface area contributed by atoms with E-state index in [0.717, 1.165) is 38.5 Å². The van der Waals surface area contributed by atoms with Gasteiger partial charge in [0.15, 0.2) is 0 Å². The van der Waals surface area contributed by atoms with Crippen LogP contribution in [0.15, 0.2) is 0 Å². The van der Waals surface area contributed by atoms with Crippen molar-refractivity contribution in [1.82, 2.24) is 5.32 Å². The Morgan fingerprint density at radius 3 is 2.62 bits per heavy atom. The maximum Gasteiger partial charge on any atom is 0.227 e. The molecule has 4 heteroatoms. The number of carbonyl (C=O) groups is 1. The molecule has 0 aromatic carbocycles. The van der Waals surface area contributed by atoms with Gasteiger partial charge in [0.2, 0.25) is 5.91 Å². The predicted molar refractivity (Wildman–Crippen MR) is 61.7 cm³/mol. The molecular formula is C12H22N2O2. The zero-order valence-electron chi connectivity index (χ0n) is 9.74. The third-order valence-electron chi connectivity index (χ3n) is 4.16. The monoisotopic (exact) mass is 226 g/mol. The molecule has 2 saturated carbocycles. The number of rotatable bonds is 3. The normalized spacial score (nSPS) is 32.9. The van der Waals surface area contributed by atoms with Gasteiger partial charge in [-0.3, -0.25) is 4.79 Å². The molecule has 92 valence electrons. The topological polar surface area (TPSA) is 75.4 Å². The molecule has 0 bridgehead atoms. The summed E-state index contributed by atoms with van der Waals surface area (Å²) in [4.78, 5) is 12.1. The number of nitrogens with one attached hydrogen (secondary N) is 1. The van der Waals surface area contributed by atoms with Gasteiger partial charge >= 0.3 is 0 Å². The Kier molecular flexibility index (Phi) is 3.50. The minimum absolute atomic E-state index is 0.111. The standard InChI is InChI=1S/C12H22N2O2/c13-8-12(5-2-6-12)11(16)14-9-3-1-4-10(15)7-9/h9-10,15H,1-8,13H2,(H,14,16). The minimum Gasteiger partial charge on any atom is -0.393 e. The van der Waals surface area contributed by atoms with Gasteiger partial charge in [0, 0.05) is 12.6 Å². The Bertz CT molecular complexity index is 258. The minimum atomic E-state index is -0.289. The predicted octanol–water partition coefficient (Wildman–Crippen LogP) is 0.535. The number of hydrogen-bond donors (Lipinski definition) is 3. The highest BCUT2D eigenvalue weighted by atomic mass is 16.3. The van der Waals surface area contributed by atoms with E-state index in [9.17, 15) is 9.90 Å². The van der Waals surface area contributed by atoms with Crippen molar-refractivity contribution in [3.63, 3.8) is 0 Å². The zero-order chi connectivity index (χ0) is 11.6. The number of nitrogens with two attached hydrogens (primary N) is 1. The van der Waals surface area contributed by atoms with Crippen LogP contribution in [0.2, 0.25) is 0 Å². The first kappa shape index (κ1) is 11.9. The molecule has 2 fully saturated rings. The van der Waals surface area contributed by atoms with Gasteiger partial charge in [0.1, 0.15) is 0 Å². The summed E-state index contributed by atoms with van der Waals surface area (Å²) in [5.74, 6) is 0.111.